The maximum absolute atomic E-state index is 13.7. The number of carbonyl (C=O) groups excluding carboxylic acids is 1. The molecule has 32 heavy (non-hydrogen) atoms. The first-order valence-corrected chi connectivity index (χ1v) is 10.5. The Kier molecular flexibility index (Phi) is 7.20. The highest BCUT2D eigenvalue weighted by Crippen LogP contribution is 2.39. The molecule has 168 valence electrons. The van der Waals surface area contributed by atoms with Crippen molar-refractivity contribution in [3.05, 3.63) is 52.0 Å². The van der Waals surface area contributed by atoms with Gasteiger partial charge in [-0.05, 0) is 46.1 Å². The molecular formula is C20H15BrF4N4O2S. The van der Waals surface area contributed by atoms with Crippen LogP contribution in [0, 0.1) is 17.7 Å². The van der Waals surface area contributed by atoms with E-state index in [0.717, 1.165) is 16.7 Å². The monoisotopic (exact) mass is 530 g/mol. The van der Waals surface area contributed by atoms with Gasteiger partial charge in [0.2, 0.25) is 0 Å². The van der Waals surface area contributed by atoms with E-state index in [1.807, 2.05) is 0 Å². The van der Waals surface area contributed by atoms with Crippen LogP contribution in [0.1, 0.15) is 16.1 Å². The Morgan fingerprint density at radius 3 is 2.75 bits per heavy atom. The van der Waals surface area contributed by atoms with Gasteiger partial charge in [0.15, 0.2) is 5.65 Å². The van der Waals surface area contributed by atoms with Gasteiger partial charge in [0.1, 0.15) is 22.3 Å². The first kappa shape index (κ1) is 23.7. The Bertz CT molecular complexity index is 1230. The number of fused-ring (bicyclic) bond motifs is 1. The van der Waals surface area contributed by atoms with Crippen LogP contribution in [-0.2, 0) is 0 Å². The Balaban J connectivity index is 1.90. The number of alkyl halides is 3. The smallest absolute Gasteiger partial charge is 0.447 e. The van der Waals surface area contributed by atoms with Crippen molar-refractivity contribution in [1.29, 1.82) is 0 Å². The van der Waals surface area contributed by atoms with Gasteiger partial charge < -0.3 is 15.4 Å². The zero-order valence-corrected chi connectivity index (χ0v) is 19.0. The lowest BCUT2D eigenvalue weighted by atomic mass is 10.1. The summed E-state index contributed by atoms with van der Waals surface area (Å²) in [4.78, 5) is 15.9. The molecule has 3 aromatic rings. The molecule has 0 saturated carbocycles. The molecule has 0 aliphatic carbocycles. The van der Waals surface area contributed by atoms with Gasteiger partial charge in [0, 0.05) is 30.6 Å². The highest BCUT2D eigenvalue weighted by Gasteiger charge is 2.33. The van der Waals surface area contributed by atoms with Crippen molar-refractivity contribution in [1.82, 2.24) is 14.7 Å². The van der Waals surface area contributed by atoms with Crippen LogP contribution in [0.25, 0.3) is 5.65 Å². The number of carbonyl (C=O) groups is 1. The molecule has 0 unspecified atom stereocenters. The molecule has 0 fully saturated rings. The molecule has 12 heteroatoms. The average molecular weight is 531 g/mol. The van der Waals surface area contributed by atoms with Crippen molar-refractivity contribution in [2.24, 2.45) is 0 Å². The number of methoxy groups -OCH3 is 1. The largest absolute Gasteiger partial charge is 0.495 e. The number of pyridine rings is 1. The maximum atomic E-state index is 13.7. The quantitative estimate of drug-likeness (QED) is 0.285. The molecule has 2 N–H and O–H groups in total. The van der Waals surface area contributed by atoms with Crippen molar-refractivity contribution in [3.8, 4) is 17.6 Å². The van der Waals surface area contributed by atoms with E-state index < -0.39 is 23.1 Å². The summed E-state index contributed by atoms with van der Waals surface area (Å²) in [6.45, 7) is 0.0209. The van der Waals surface area contributed by atoms with E-state index in [1.165, 1.54) is 14.2 Å². The van der Waals surface area contributed by atoms with E-state index in [4.69, 9.17) is 4.74 Å². The number of imidazole rings is 1. The minimum absolute atomic E-state index is 0.0209. The summed E-state index contributed by atoms with van der Waals surface area (Å²) in [6.07, 6.45) is 0.916. The van der Waals surface area contributed by atoms with Crippen LogP contribution in [0.3, 0.4) is 0 Å². The lowest BCUT2D eigenvalue weighted by Crippen LogP contribution is -2.18. The summed E-state index contributed by atoms with van der Waals surface area (Å²) in [7, 11) is 2.96. The van der Waals surface area contributed by atoms with Crippen molar-refractivity contribution in [2.45, 2.75) is 10.5 Å². The zero-order chi connectivity index (χ0) is 23.5. The molecular weight excluding hydrogens is 516 g/mol. The fourth-order valence-electron chi connectivity index (χ4n) is 2.74. The van der Waals surface area contributed by atoms with Crippen molar-refractivity contribution in [2.75, 3.05) is 26.0 Å². The molecule has 3 rings (SSSR count). The number of benzene rings is 1. The average Bonchev–Trinajstić information content (AvgIpc) is 3.06. The van der Waals surface area contributed by atoms with E-state index in [1.54, 1.807) is 18.2 Å². The summed E-state index contributed by atoms with van der Waals surface area (Å²) in [5.74, 6) is 4.74. The van der Waals surface area contributed by atoms with Crippen LogP contribution in [-0.4, -0.2) is 41.5 Å². The summed E-state index contributed by atoms with van der Waals surface area (Å²) in [5, 5.41) is 5.13. The number of anilines is 1. The number of aromatic nitrogens is 2. The number of amides is 1. The summed E-state index contributed by atoms with van der Waals surface area (Å²) >= 11 is 2.68. The molecule has 0 saturated heterocycles. The third kappa shape index (κ3) is 5.46. The zero-order valence-electron chi connectivity index (χ0n) is 16.6. The number of ether oxygens (including phenoxy) is 1. The maximum Gasteiger partial charge on any atom is 0.447 e. The Labute approximate surface area is 192 Å². The molecule has 0 aliphatic rings. The summed E-state index contributed by atoms with van der Waals surface area (Å²) < 4.78 is 59.4. The number of hydrogen-bond acceptors (Lipinski definition) is 5. The second-order valence-corrected chi connectivity index (χ2v) is 8.07. The Hall–Kier alpha value is -2.91. The summed E-state index contributed by atoms with van der Waals surface area (Å²) in [6, 6.07) is 5.86. The minimum Gasteiger partial charge on any atom is -0.495 e. The van der Waals surface area contributed by atoms with Crippen LogP contribution in [0.15, 0.2) is 40.0 Å². The molecule has 1 aromatic carbocycles. The standard InChI is InChI=1S/C20H15BrF4N4O2S/c1-26-18(30)11-5-6-16(31-2)15(8-11)27-7-3-4-14-19(32-20(23,24)25)29-10-12(22)9-13(21)17(29)28-14/h5-6,8-10,27H,7H2,1-2H3,(H,26,30). The van der Waals surface area contributed by atoms with Gasteiger partial charge in [-0.2, -0.15) is 13.2 Å². The fourth-order valence-corrected chi connectivity index (χ4v) is 3.89. The van der Waals surface area contributed by atoms with Gasteiger partial charge in [0.25, 0.3) is 5.91 Å². The predicted molar refractivity (Wildman–Crippen MR) is 117 cm³/mol. The van der Waals surface area contributed by atoms with Gasteiger partial charge in [-0.1, -0.05) is 5.92 Å². The van der Waals surface area contributed by atoms with Crippen molar-refractivity contribution >= 4 is 44.9 Å². The SMILES string of the molecule is CNC(=O)c1ccc(OC)c(NCC#Cc2nc3c(Br)cc(F)cn3c2SC(F)(F)F)c1. The van der Waals surface area contributed by atoms with Crippen molar-refractivity contribution < 1.29 is 27.1 Å². The van der Waals surface area contributed by atoms with E-state index >= 15 is 0 Å². The fraction of sp³-hybridized carbons (Fsp3) is 0.200. The van der Waals surface area contributed by atoms with Gasteiger partial charge in [-0.3, -0.25) is 9.20 Å². The normalized spacial score (nSPS) is 11.1. The van der Waals surface area contributed by atoms with E-state index in [2.05, 4.69) is 43.4 Å². The number of thioether (sulfide) groups is 1. The molecule has 2 heterocycles. The lowest BCUT2D eigenvalue weighted by molar-refractivity contribution is -0.0330. The van der Waals surface area contributed by atoms with Crippen LogP contribution in [0.5, 0.6) is 5.75 Å². The minimum atomic E-state index is -4.61. The topological polar surface area (TPSA) is 67.7 Å². The van der Waals surface area contributed by atoms with Crippen molar-refractivity contribution in [3.63, 3.8) is 0 Å². The number of hydrogen-bond donors (Lipinski definition) is 2. The third-order valence-electron chi connectivity index (χ3n) is 4.07. The van der Waals surface area contributed by atoms with Gasteiger partial charge in [-0.25, -0.2) is 9.37 Å². The molecule has 6 nitrogen and oxygen atoms in total. The van der Waals surface area contributed by atoms with Gasteiger partial charge >= 0.3 is 5.51 Å². The molecule has 2 aromatic heterocycles. The van der Waals surface area contributed by atoms with Crippen LogP contribution in [0.4, 0.5) is 23.2 Å². The van der Waals surface area contributed by atoms with Crippen LogP contribution >= 0.6 is 27.7 Å². The predicted octanol–water partition coefficient (Wildman–Crippen LogP) is 4.68. The highest BCUT2D eigenvalue weighted by atomic mass is 79.9. The molecule has 0 radical (unpaired) electrons. The molecule has 0 aliphatic heterocycles. The first-order chi connectivity index (χ1) is 15.1. The first-order valence-electron chi connectivity index (χ1n) is 8.88. The second kappa shape index (κ2) is 9.70. The highest BCUT2D eigenvalue weighted by molar-refractivity contribution is 9.10. The van der Waals surface area contributed by atoms with E-state index in [-0.39, 0.29) is 33.3 Å². The molecule has 0 atom stereocenters. The van der Waals surface area contributed by atoms with Crippen LogP contribution in [0.2, 0.25) is 0 Å². The molecule has 0 bridgehead atoms. The van der Waals surface area contributed by atoms with E-state index in [9.17, 15) is 22.4 Å². The Morgan fingerprint density at radius 1 is 1.34 bits per heavy atom. The number of halogens is 5. The number of nitrogens with one attached hydrogen (secondary N) is 2. The summed E-state index contributed by atoms with van der Waals surface area (Å²) in [5.41, 5.74) is -3.79. The molecule has 1 amide bonds. The van der Waals surface area contributed by atoms with Crippen LogP contribution < -0.4 is 15.4 Å². The lowest BCUT2D eigenvalue weighted by Gasteiger charge is -2.10. The van der Waals surface area contributed by atoms with Gasteiger partial charge in [-0.15, -0.1) is 0 Å². The van der Waals surface area contributed by atoms with Gasteiger partial charge in [0.05, 0.1) is 23.8 Å². The Morgan fingerprint density at radius 2 is 2.09 bits per heavy atom. The number of nitrogens with zero attached hydrogens (tertiary/aromatic N) is 2. The number of rotatable bonds is 5. The second-order valence-electron chi connectivity index (χ2n) is 6.16. The third-order valence-corrected chi connectivity index (χ3v) is 5.47. The molecule has 0 spiro atoms. The van der Waals surface area contributed by atoms with E-state index in [0.29, 0.717) is 17.0 Å².